The van der Waals surface area contributed by atoms with Crippen molar-refractivity contribution < 1.29 is 9.31 Å². The second kappa shape index (κ2) is 4.85. The average Bonchev–Trinajstić information content (AvgIpc) is 1.98. The van der Waals surface area contributed by atoms with Gasteiger partial charge in [0.05, 0.1) is 5.60 Å². The Balaban J connectivity index is 2.54. The van der Waals surface area contributed by atoms with Crippen LogP contribution in [-0.4, -0.2) is 24.8 Å². The molecule has 0 aliphatic carbocycles. The van der Waals surface area contributed by atoms with Crippen LogP contribution >= 0.6 is 0 Å². The van der Waals surface area contributed by atoms with Crippen LogP contribution in [-0.2, 0) is 9.31 Å². The number of rotatable bonds is 3. The van der Waals surface area contributed by atoms with Crippen LogP contribution < -0.4 is 5.73 Å². The quantitative estimate of drug-likeness (QED) is 0.729. The van der Waals surface area contributed by atoms with Gasteiger partial charge in [0.15, 0.2) is 0 Å². The highest BCUT2D eigenvalue weighted by Gasteiger charge is 2.40. The van der Waals surface area contributed by atoms with Gasteiger partial charge >= 0.3 is 7.12 Å². The Hall–Kier alpha value is -0.0551. The summed E-state index contributed by atoms with van der Waals surface area (Å²) in [6.07, 6.45) is 2.10. The Morgan fingerprint density at radius 3 is 2.53 bits per heavy atom. The zero-order valence-corrected chi connectivity index (χ0v) is 10.6. The maximum Gasteiger partial charge on any atom is 0.475 e. The molecule has 1 fully saturated rings. The highest BCUT2D eigenvalue weighted by atomic mass is 16.6. The molecule has 0 aromatic carbocycles. The van der Waals surface area contributed by atoms with Crippen LogP contribution in [0.3, 0.4) is 0 Å². The lowest BCUT2D eigenvalue weighted by atomic mass is 9.71. The summed E-state index contributed by atoms with van der Waals surface area (Å²) in [7, 11) is -0.244. The predicted octanol–water partition coefficient (Wildman–Crippen LogP) is 1.99. The number of hydrogen-bond acceptors (Lipinski definition) is 3. The second-order valence-corrected chi connectivity index (χ2v) is 5.69. The van der Waals surface area contributed by atoms with Gasteiger partial charge in [0, 0.05) is 12.0 Å². The van der Waals surface area contributed by atoms with Gasteiger partial charge in [0.25, 0.3) is 0 Å². The van der Waals surface area contributed by atoms with Gasteiger partial charge in [-0.2, -0.15) is 0 Å². The van der Waals surface area contributed by atoms with Crippen LogP contribution in [0.25, 0.3) is 0 Å². The summed E-state index contributed by atoms with van der Waals surface area (Å²) in [4.78, 5) is 0. The predicted molar refractivity (Wildman–Crippen MR) is 63.5 cm³/mol. The van der Waals surface area contributed by atoms with E-state index >= 15 is 0 Å². The molecule has 1 heterocycles. The molecule has 1 rings (SSSR count). The molecule has 0 bridgehead atoms. The Morgan fingerprint density at radius 1 is 1.47 bits per heavy atom. The molecule has 88 valence electrons. The minimum atomic E-state index is -0.244. The van der Waals surface area contributed by atoms with E-state index in [1.165, 1.54) is 0 Å². The van der Waals surface area contributed by atoms with Gasteiger partial charge in [0.2, 0.25) is 0 Å². The van der Waals surface area contributed by atoms with E-state index in [0.717, 1.165) is 12.8 Å². The Labute approximate surface area is 93.8 Å². The molecule has 0 aromatic heterocycles. The Bertz CT molecular complexity index is 209. The van der Waals surface area contributed by atoms with Gasteiger partial charge < -0.3 is 15.0 Å². The molecular weight excluding hydrogens is 189 g/mol. The van der Waals surface area contributed by atoms with Gasteiger partial charge in [-0.05, 0) is 39.5 Å². The molecule has 1 saturated heterocycles. The highest BCUT2D eigenvalue weighted by molar-refractivity contribution is 6.46. The highest BCUT2D eigenvalue weighted by Crippen LogP contribution is 2.27. The first-order valence-electron chi connectivity index (χ1n) is 5.89. The van der Waals surface area contributed by atoms with E-state index in [1.807, 2.05) is 0 Å². The van der Waals surface area contributed by atoms with Gasteiger partial charge in [-0.15, -0.1) is 0 Å². The fourth-order valence-electron chi connectivity index (χ4n) is 2.20. The van der Waals surface area contributed by atoms with Crippen molar-refractivity contribution in [1.29, 1.82) is 0 Å². The monoisotopic (exact) mass is 213 g/mol. The summed E-state index contributed by atoms with van der Waals surface area (Å²) in [6, 6.07) is 0. The number of nitrogens with two attached hydrogens (primary N) is 1. The smallest absolute Gasteiger partial charge is 0.408 e. The van der Waals surface area contributed by atoms with Crippen LogP contribution in [0, 0.1) is 5.92 Å². The largest absolute Gasteiger partial charge is 0.475 e. The lowest BCUT2D eigenvalue weighted by molar-refractivity contribution is -0.0327. The molecule has 3 nitrogen and oxygen atoms in total. The molecule has 0 amide bonds. The summed E-state index contributed by atoms with van der Waals surface area (Å²) < 4.78 is 11.6. The van der Waals surface area contributed by atoms with Gasteiger partial charge in [-0.25, -0.2) is 0 Å². The summed E-state index contributed by atoms with van der Waals surface area (Å²) in [5.41, 5.74) is 5.97. The molecule has 0 radical (unpaired) electrons. The second-order valence-electron chi connectivity index (χ2n) is 5.69. The van der Waals surface area contributed by atoms with Crippen molar-refractivity contribution in [2.45, 2.75) is 65.1 Å². The van der Waals surface area contributed by atoms with Crippen LogP contribution in [0.15, 0.2) is 0 Å². The van der Waals surface area contributed by atoms with Crippen molar-refractivity contribution >= 4 is 7.12 Å². The van der Waals surface area contributed by atoms with E-state index in [0.29, 0.717) is 5.92 Å². The fourth-order valence-corrected chi connectivity index (χ4v) is 2.20. The Kier molecular flexibility index (Phi) is 4.21. The molecular formula is C11H24BNO2. The van der Waals surface area contributed by atoms with Crippen LogP contribution in [0.5, 0.6) is 0 Å². The van der Waals surface area contributed by atoms with Crippen molar-refractivity contribution in [2.75, 3.05) is 0 Å². The molecule has 1 aliphatic heterocycles. The van der Waals surface area contributed by atoms with Gasteiger partial charge in [0.1, 0.15) is 0 Å². The molecule has 15 heavy (non-hydrogen) atoms. The standard InChI is InChI=1S/C11H24BNO2/c1-8(2)6-10(13)12-14-9(3)7-11(4,5)15-12/h8-10H,6-7,13H2,1-5H3/t9?,10-/m0/s1. The van der Waals surface area contributed by atoms with Crippen molar-refractivity contribution in [3.63, 3.8) is 0 Å². The van der Waals surface area contributed by atoms with E-state index in [1.54, 1.807) is 0 Å². The van der Waals surface area contributed by atoms with Crippen molar-refractivity contribution in [3.05, 3.63) is 0 Å². The summed E-state index contributed by atoms with van der Waals surface area (Å²) in [5.74, 6) is 0.555. The molecule has 1 unspecified atom stereocenters. The third-order valence-electron chi connectivity index (χ3n) is 2.67. The molecule has 2 N–H and O–H groups in total. The normalized spacial score (nSPS) is 28.2. The zero-order valence-electron chi connectivity index (χ0n) is 10.6. The molecule has 0 spiro atoms. The van der Waals surface area contributed by atoms with Crippen molar-refractivity contribution in [2.24, 2.45) is 11.7 Å². The van der Waals surface area contributed by atoms with Crippen molar-refractivity contribution in [1.82, 2.24) is 0 Å². The first-order valence-corrected chi connectivity index (χ1v) is 5.89. The molecule has 2 atom stereocenters. The Morgan fingerprint density at radius 2 is 2.07 bits per heavy atom. The maximum atomic E-state index is 6.08. The SMILES string of the molecule is CC(C)C[C@H](N)B1OC(C)CC(C)(C)O1. The van der Waals surface area contributed by atoms with E-state index in [2.05, 4.69) is 34.6 Å². The summed E-state index contributed by atoms with van der Waals surface area (Å²) in [5, 5.41) is 0. The minimum Gasteiger partial charge on any atom is -0.408 e. The summed E-state index contributed by atoms with van der Waals surface area (Å²) in [6.45, 7) is 10.6. The fraction of sp³-hybridized carbons (Fsp3) is 1.00. The van der Waals surface area contributed by atoms with Crippen LogP contribution in [0.4, 0.5) is 0 Å². The molecule has 0 aromatic rings. The van der Waals surface area contributed by atoms with Crippen molar-refractivity contribution in [3.8, 4) is 0 Å². The third-order valence-corrected chi connectivity index (χ3v) is 2.67. The first-order chi connectivity index (χ1) is 6.80. The molecule has 4 heteroatoms. The lowest BCUT2D eigenvalue weighted by Gasteiger charge is -2.40. The zero-order chi connectivity index (χ0) is 11.6. The van der Waals surface area contributed by atoms with E-state index < -0.39 is 0 Å². The van der Waals surface area contributed by atoms with E-state index in [9.17, 15) is 0 Å². The lowest BCUT2D eigenvalue weighted by Crippen LogP contribution is -2.54. The first kappa shape index (κ1) is 13.0. The van der Waals surface area contributed by atoms with Gasteiger partial charge in [-0.3, -0.25) is 0 Å². The van der Waals surface area contributed by atoms with E-state index in [-0.39, 0.29) is 24.8 Å². The third kappa shape index (κ3) is 4.13. The molecule has 1 aliphatic rings. The average molecular weight is 213 g/mol. The van der Waals surface area contributed by atoms with Crippen LogP contribution in [0.2, 0.25) is 0 Å². The van der Waals surface area contributed by atoms with Gasteiger partial charge in [-0.1, -0.05) is 13.8 Å². The van der Waals surface area contributed by atoms with E-state index in [4.69, 9.17) is 15.0 Å². The minimum absolute atomic E-state index is 0.0213. The van der Waals surface area contributed by atoms with Crippen LogP contribution in [0.1, 0.15) is 47.5 Å². The topological polar surface area (TPSA) is 44.5 Å². The summed E-state index contributed by atoms with van der Waals surface area (Å²) >= 11 is 0. The molecule has 0 saturated carbocycles. The maximum absolute atomic E-state index is 6.08. The number of hydrogen-bond donors (Lipinski definition) is 1.